The Hall–Kier alpha value is -0.630. The Labute approximate surface area is 101 Å². The zero-order valence-corrected chi connectivity index (χ0v) is 10.6. The van der Waals surface area contributed by atoms with Crippen LogP contribution in [0.15, 0.2) is 0 Å². The number of amides is 1. The number of carbonyl (C=O) groups excluding carboxylic acids is 1. The summed E-state index contributed by atoms with van der Waals surface area (Å²) in [6.45, 7) is 2.23. The topological polar surface area (TPSA) is 58.2 Å². The molecule has 17 heavy (non-hydrogen) atoms. The largest absolute Gasteiger partial charge is 0.405 e. The van der Waals surface area contributed by atoms with Crippen LogP contribution in [0.2, 0.25) is 0 Å². The van der Waals surface area contributed by atoms with Crippen LogP contribution in [-0.4, -0.2) is 46.9 Å². The second kappa shape index (κ2) is 7.65. The molecule has 2 atom stereocenters. The summed E-state index contributed by atoms with van der Waals surface area (Å²) in [5.74, 6) is 0.189. The zero-order chi connectivity index (χ0) is 13.5. The first-order chi connectivity index (χ1) is 7.76. The lowest BCUT2D eigenvalue weighted by Gasteiger charge is -2.14. The molecule has 0 fully saturated rings. The van der Waals surface area contributed by atoms with Crippen LogP contribution >= 0.6 is 0 Å². The number of hydrogen-bond donors (Lipinski definition) is 2. The predicted molar refractivity (Wildman–Crippen MR) is 60.1 cm³/mol. The van der Waals surface area contributed by atoms with E-state index in [0.717, 1.165) is 0 Å². The highest BCUT2D eigenvalue weighted by molar-refractivity contribution is 7.84. The number of halogens is 3. The van der Waals surface area contributed by atoms with Crippen LogP contribution < -0.4 is 10.6 Å². The van der Waals surface area contributed by atoms with Crippen molar-refractivity contribution in [3.05, 3.63) is 0 Å². The van der Waals surface area contributed by atoms with Gasteiger partial charge in [-0.15, -0.1) is 0 Å². The molecule has 1 amide bonds. The Morgan fingerprint density at radius 1 is 1.41 bits per heavy atom. The van der Waals surface area contributed by atoms with Gasteiger partial charge in [-0.2, -0.15) is 13.2 Å². The van der Waals surface area contributed by atoms with Gasteiger partial charge in [-0.3, -0.25) is 9.00 Å². The maximum atomic E-state index is 11.8. The van der Waals surface area contributed by atoms with Gasteiger partial charge in [0.05, 0.1) is 6.04 Å². The summed E-state index contributed by atoms with van der Waals surface area (Å²) in [6.07, 6.45) is -4.40. The van der Waals surface area contributed by atoms with E-state index >= 15 is 0 Å². The lowest BCUT2D eigenvalue weighted by molar-refractivity contribution is -0.139. The Kier molecular flexibility index (Phi) is 7.37. The molecule has 0 spiro atoms. The fraction of sp³-hybridized carbons (Fsp3) is 0.889. The van der Waals surface area contributed by atoms with Crippen LogP contribution in [-0.2, 0) is 15.6 Å². The van der Waals surface area contributed by atoms with Gasteiger partial charge in [0.15, 0.2) is 0 Å². The number of hydrogen-bond acceptors (Lipinski definition) is 3. The van der Waals surface area contributed by atoms with E-state index in [9.17, 15) is 22.2 Å². The zero-order valence-electron chi connectivity index (χ0n) is 9.76. The Morgan fingerprint density at radius 3 is 2.47 bits per heavy atom. The number of nitrogens with one attached hydrogen (secondary N) is 2. The lowest BCUT2D eigenvalue weighted by atomic mass is 10.3. The predicted octanol–water partition coefficient (Wildman–Crippen LogP) is 0.412. The van der Waals surface area contributed by atoms with Crippen LogP contribution in [0.3, 0.4) is 0 Å². The summed E-state index contributed by atoms with van der Waals surface area (Å²) < 4.78 is 46.5. The fourth-order valence-corrected chi connectivity index (χ4v) is 1.60. The summed E-state index contributed by atoms with van der Waals surface area (Å²) in [5, 5.41) is 4.48. The molecule has 8 heteroatoms. The summed E-state index contributed by atoms with van der Waals surface area (Å²) in [5.41, 5.74) is 0. The summed E-state index contributed by atoms with van der Waals surface area (Å²) in [6, 6.07) is -0.730. The van der Waals surface area contributed by atoms with Crippen LogP contribution in [0.5, 0.6) is 0 Å². The normalized spacial score (nSPS) is 15.4. The van der Waals surface area contributed by atoms with Gasteiger partial charge in [-0.1, -0.05) is 6.92 Å². The van der Waals surface area contributed by atoms with Gasteiger partial charge < -0.3 is 10.6 Å². The van der Waals surface area contributed by atoms with E-state index in [1.807, 2.05) is 0 Å². The SMILES string of the molecule is CCS(=O)CCNC(C)C(=O)NCC(F)(F)F. The van der Waals surface area contributed by atoms with Gasteiger partial charge in [0.2, 0.25) is 5.91 Å². The molecule has 0 aliphatic rings. The van der Waals surface area contributed by atoms with E-state index in [2.05, 4.69) is 5.32 Å². The molecule has 102 valence electrons. The summed E-state index contributed by atoms with van der Waals surface area (Å²) >= 11 is 0. The number of carbonyl (C=O) groups is 1. The van der Waals surface area contributed by atoms with Crippen molar-refractivity contribution in [2.45, 2.75) is 26.1 Å². The van der Waals surface area contributed by atoms with E-state index in [0.29, 0.717) is 18.1 Å². The minimum Gasteiger partial charge on any atom is -0.346 e. The third-order valence-electron chi connectivity index (χ3n) is 1.96. The molecule has 0 bridgehead atoms. The minimum atomic E-state index is -4.40. The summed E-state index contributed by atoms with van der Waals surface area (Å²) in [7, 11) is -0.949. The van der Waals surface area contributed by atoms with Crippen molar-refractivity contribution in [3.8, 4) is 0 Å². The molecule has 0 heterocycles. The second-order valence-electron chi connectivity index (χ2n) is 3.44. The Morgan fingerprint density at radius 2 is 2.00 bits per heavy atom. The smallest absolute Gasteiger partial charge is 0.346 e. The quantitative estimate of drug-likeness (QED) is 0.707. The molecule has 2 unspecified atom stereocenters. The molecule has 0 radical (unpaired) electrons. The molecule has 0 saturated heterocycles. The fourth-order valence-electron chi connectivity index (χ4n) is 0.967. The average Bonchev–Trinajstić information content (AvgIpc) is 2.24. The number of rotatable bonds is 7. The molecule has 2 N–H and O–H groups in total. The van der Waals surface area contributed by atoms with Crippen molar-refractivity contribution >= 4 is 16.7 Å². The Bertz CT molecular complexity index is 271. The van der Waals surface area contributed by atoms with Gasteiger partial charge >= 0.3 is 6.18 Å². The van der Waals surface area contributed by atoms with E-state index < -0.39 is 35.5 Å². The molecular formula is C9H17F3N2O2S. The third kappa shape index (κ3) is 9.11. The Balaban J connectivity index is 3.79. The standard InChI is InChI=1S/C9H17F3N2O2S/c1-3-17(16)5-4-13-7(2)8(15)14-6-9(10,11)12/h7,13H,3-6H2,1-2H3,(H,14,15). The van der Waals surface area contributed by atoms with Gasteiger partial charge in [-0.25, -0.2) is 0 Å². The summed E-state index contributed by atoms with van der Waals surface area (Å²) in [4.78, 5) is 11.2. The van der Waals surface area contributed by atoms with Gasteiger partial charge in [-0.05, 0) is 6.92 Å². The molecule has 0 rings (SSSR count). The average molecular weight is 274 g/mol. The van der Waals surface area contributed by atoms with Crippen molar-refractivity contribution in [1.29, 1.82) is 0 Å². The number of alkyl halides is 3. The molecular weight excluding hydrogens is 257 g/mol. The van der Waals surface area contributed by atoms with Crippen molar-refractivity contribution in [3.63, 3.8) is 0 Å². The highest BCUT2D eigenvalue weighted by Gasteiger charge is 2.28. The highest BCUT2D eigenvalue weighted by Crippen LogP contribution is 2.12. The highest BCUT2D eigenvalue weighted by atomic mass is 32.2. The van der Waals surface area contributed by atoms with Crippen molar-refractivity contribution < 1.29 is 22.2 Å². The molecule has 0 saturated carbocycles. The maximum absolute atomic E-state index is 11.8. The molecule has 4 nitrogen and oxygen atoms in total. The maximum Gasteiger partial charge on any atom is 0.405 e. The minimum absolute atomic E-state index is 0.334. The van der Waals surface area contributed by atoms with Gasteiger partial charge in [0, 0.05) is 28.9 Å². The van der Waals surface area contributed by atoms with Gasteiger partial charge in [0.1, 0.15) is 6.54 Å². The molecule has 0 aromatic rings. The lowest BCUT2D eigenvalue weighted by Crippen LogP contribution is -2.46. The van der Waals surface area contributed by atoms with E-state index in [1.54, 1.807) is 12.2 Å². The monoisotopic (exact) mass is 274 g/mol. The van der Waals surface area contributed by atoms with Crippen molar-refractivity contribution in [2.75, 3.05) is 24.6 Å². The van der Waals surface area contributed by atoms with Crippen LogP contribution in [0.25, 0.3) is 0 Å². The van der Waals surface area contributed by atoms with E-state index in [-0.39, 0.29) is 0 Å². The molecule has 0 aromatic carbocycles. The third-order valence-corrected chi connectivity index (χ3v) is 3.26. The van der Waals surface area contributed by atoms with Crippen LogP contribution in [0.4, 0.5) is 13.2 Å². The first-order valence-electron chi connectivity index (χ1n) is 5.19. The first kappa shape index (κ1) is 16.4. The van der Waals surface area contributed by atoms with E-state index in [4.69, 9.17) is 0 Å². The second-order valence-corrected chi connectivity index (χ2v) is 5.31. The molecule has 0 aromatic heterocycles. The van der Waals surface area contributed by atoms with Crippen molar-refractivity contribution in [1.82, 2.24) is 10.6 Å². The molecule has 0 aliphatic carbocycles. The van der Waals surface area contributed by atoms with Crippen molar-refractivity contribution in [2.24, 2.45) is 0 Å². The van der Waals surface area contributed by atoms with Gasteiger partial charge in [0.25, 0.3) is 0 Å². The van der Waals surface area contributed by atoms with E-state index in [1.165, 1.54) is 6.92 Å². The first-order valence-corrected chi connectivity index (χ1v) is 6.68. The van der Waals surface area contributed by atoms with Crippen LogP contribution in [0, 0.1) is 0 Å². The van der Waals surface area contributed by atoms with Crippen LogP contribution in [0.1, 0.15) is 13.8 Å². The molecule has 0 aliphatic heterocycles.